The van der Waals surface area contributed by atoms with Crippen molar-refractivity contribution in [3.8, 4) is 5.75 Å². The van der Waals surface area contributed by atoms with Gasteiger partial charge in [0, 0.05) is 6.54 Å². The maximum absolute atomic E-state index is 10.6. The first-order valence-corrected chi connectivity index (χ1v) is 8.11. The number of carbonyl (C=O) groups is 2. The summed E-state index contributed by atoms with van der Waals surface area (Å²) in [5, 5.41) is 18.7. The predicted molar refractivity (Wildman–Crippen MR) is 89.4 cm³/mol. The Morgan fingerprint density at radius 2 is 1.69 bits per heavy atom. The lowest BCUT2D eigenvalue weighted by molar-refractivity contribution is -0.192. The van der Waals surface area contributed by atoms with Gasteiger partial charge in [-0.1, -0.05) is 25.5 Å². The summed E-state index contributed by atoms with van der Waals surface area (Å²) in [6, 6.07) is 8.09. The van der Waals surface area contributed by atoms with E-state index in [2.05, 4.69) is 24.4 Å². The molecule has 0 heterocycles. The van der Waals surface area contributed by atoms with Gasteiger partial charge in [0.15, 0.2) is 0 Å². The molecule has 0 radical (unpaired) electrons. The fourth-order valence-corrected chi connectivity index (χ4v) is 1.64. The van der Waals surface area contributed by atoms with Gasteiger partial charge >= 0.3 is 18.1 Å². The van der Waals surface area contributed by atoms with E-state index in [1.54, 1.807) is 0 Å². The van der Waals surface area contributed by atoms with E-state index in [-0.39, 0.29) is 6.42 Å². The van der Waals surface area contributed by atoms with E-state index in [1.165, 1.54) is 5.56 Å². The molecule has 0 saturated heterocycles. The van der Waals surface area contributed by atoms with E-state index in [4.69, 9.17) is 19.7 Å². The predicted octanol–water partition coefficient (Wildman–Crippen LogP) is 3.11. The van der Waals surface area contributed by atoms with Crippen LogP contribution in [0.2, 0.25) is 0 Å². The van der Waals surface area contributed by atoms with Gasteiger partial charge in [0.25, 0.3) is 0 Å². The van der Waals surface area contributed by atoms with Crippen molar-refractivity contribution in [2.24, 2.45) is 0 Å². The number of ether oxygens (including phenoxy) is 1. The van der Waals surface area contributed by atoms with E-state index in [9.17, 15) is 18.0 Å². The molecule has 6 nitrogen and oxygen atoms in total. The van der Waals surface area contributed by atoms with E-state index >= 15 is 0 Å². The molecule has 0 amide bonds. The Bertz CT molecular complexity index is 532. The van der Waals surface area contributed by atoms with Gasteiger partial charge in [0.05, 0.1) is 13.0 Å². The second-order valence-electron chi connectivity index (χ2n) is 5.29. The molecule has 1 rings (SSSR count). The van der Waals surface area contributed by atoms with Crippen LogP contribution in [0.1, 0.15) is 31.7 Å². The summed E-state index contributed by atoms with van der Waals surface area (Å²) in [4.78, 5) is 19.2. The minimum absolute atomic E-state index is 0.171. The quantitative estimate of drug-likeness (QED) is 0.541. The SMILES string of the molecule is CCCCOc1ccc(CCNCCC(=O)O)cc1.O=C(O)C(F)(F)F. The largest absolute Gasteiger partial charge is 0.494 e. The normalized spacial score (nSPS) is 10.6. The molecule has 0 aliphatic carbocycles. The second kappa shape index (κ2) is 13.0. The van der Waals surface area contributed by atoms with Crippen molar-refractivity contribution in [2.75, 3.05) is 19.7 Å². The number of aliphatic carboxylic acids is 2. The first-order valence-electron chi connectivity index (χ1n) is 8.11. The van der Waals surface area contributed by atoms with E-state index in [1.807, 2.05) is 12.1 Å². The van der Waals surface area contributed by atoms with Gasteiger partial charge in [-0.3, -0.25) is 4.79 Å². The summed E-state index contributed by atoms with van der Waals surface area (Å²) in [6.45, 7) is 4.23. The summed E-state index contributed by atoms with van der Waals surface area (Å²) in [7, 11) is 0. The van der Waals surface area contributed by atoms with Gasteiger partial charge in [-0.25, -0.2) is 4.79 Å². The van der Waals surface area contributed by atoms with Crippen LogP contribution in [0.4, 0.5) is 13.2 Å². The summed E-state index contributed by atoms with van der Waals surface area (Å²) < 4.78 is 37.3. The average Bonchev–Trinajstić information content (AvgIpc) is 2.55. The Morgan fingerprint density at radius 3 is 2.15 bits per heavy atom. The molecule has 1 aromatic carbocycles. The first kappa shape index (κ1) is 23.7. The Labute approximate surface area is 150 Å². The van der Waals surface area contributed by atoms with Crippen LogP contribution < -0.4 is 10.1 Å². The van der Waals surface area contributed by atoms with Gasteiger partial charge in [-0.2, -0.15) is 13.2 Å². The van der Waals surface area contributed by atoms with Crippen molar-refractivity contribution in [2.45, 2.75) is 38.8 Å². The van der Waals surface area contributed by atoms with Crippen molar-refractivity contribution >= 4 is 11.9 Å². The summed E-state index contributed by atoms with van der Waals surface area (Å²) in [6.07, 6.45) is -1.80. The molecule has 0 fully saturated rings. The summed E-state index contributed by atoms with van der Waals surface area (Å²) >= 11 is 0. The molecule has 0 aromatic heterocycles. The zero-order valence-electron chi connectivity index (χ0n) is 14.5. The maximum atomic E-state index is 10.6. The van der Waals surface area contributed by atoms with Gasteiger partial charge in [-0.15, -0.1) is 0 Å². The van der Waals surface area contributed by atoms with Crippen molar-refractivity contribution in [1.82, 2.24) is 5.32 Å². The van der Waals surface area contributed by atoms with Crippen LogP contribution in [0.15, 0.2) is 24.3 Å². The third kappa shape index (κ3) is 13.1. The number of nitrogens with one attached hydrogen (secondary N) is 1. The Hall–Kier alpha value is -2.29. The Morgan fingerprint density at radius 1 is 1.12 bits per heavy atom. The molecule has 3 N–H and O–H groups in total. The topological polar surface area (TPSA) is 95.9 Å². The van der Waals surface area contributed by atoms with Crippen LogP contribution in [-0.2, 0) is 16.0 Å². The smallest absolute Gasteiger partial charge is 0.490 e. The standard InChI is InChI=1S/C15H23NO3.C2HF3O2/c1-2-3-12-19-14-6-4-13(5-7-14)8-10-16-11-9-15(17)18;3-2(4,5)1(6)7/h4-7,16H,2-3,8-12H2,1H3,(H,17,18);(H,6,7). The number of halogens is 3. The minimum Gasteiger partial charge on any atom is -0.494 e. The lowest BCUT2D eigenvalue weighted by atomic mass is 10.1. The maximum Gasteiger partial charge on any atom is 0.490 e. The van der Waals surface area contributed by atoms with E-state index in [0.717, 1.165) is 38.2 Å². The number of carboxylic acid groups (broad SMARTS) is 2. The van der Waals surface area contributed by atoms with E-state index in [0.29, 0.717) is 6.54 Å². The molecule has 26 heavy (non-hydrogen) atoms. The number of benzene rings is 1. The highest BCUT2D eigenvalue weighted by atomic mass is 19.4. The van der Waals surface area contributed by atoms with Crippen LogP contribution in [0.3, 0.4) is 0 Å². The van der Waals surface area contributed by atoms with Crippen LogP contribution in [0.5, 0.6) is 5.75 Å². The molecular formula is C17H24F3NO5. The molecule has 0 bridgehead atoms. The highest BCUT2D eigenvalue weighted by Crippen LogP contribution is 2.13. The minimum atomic E-state index is -5.08. The van der Waals surface area contributed by atoms with Crippen molar-refractivity contribution < 1.29 is 37.7 Å². The number of alkyl halides is 3. The average molecular weight is 379 g/mol. The molecule has 0 atom stereocenters. The highest BCUT2D eigenvalue weighted by Gasteiger charge is 2.38. The van der Waals surface area contributed by atoms with Crippen molar-refractivity contribution in [1.29, 1.82) is 0 Å². The molecule has 0 aliphatic heterocycles. The first-order chi connectivity index (χ1) is 12.2. The fraction of sp³-hybridized carbons (Fsp3) is 0.529. The number of unbranched alkanes of at least 4 members (excludes halogenated alkanes) is 1. The highest BCUT2D eigenvalue weighted by molar-refractivity contribution is 5.73. The fourth-order valence-electron chi connectivity index (χ4n) is 1.64. The van der Waals surface area contributed by atoms with Crippen molar-refractivity contribution in [3.05, 3.63) is 29.8 Å². The summed E-state index contributed by atoms with van der Waals surface area (Å²) in [5.74, 6) is -2.61. The molecule has 148 valence electrons. The molecule has 9 heteroatoms. The molecule has 1 aromatic rings. The van der Waals surface area contributed by atoms with Gasteiger partial charge in [0.1, 0.15) is 5.75 Å². The zero-order chi connectivity index (χ0) is 20.0. The number of carboxylic acids is 2. The number of rotatable bonds is 10. The lowest BCUT2D eigenvalue weighted by Crippen LogP contribution is -2.21. The van der Waals surface area contributed by atoms with Crippen LogP contribution in [0.25, 0.3) is 0 Å². The number of hydrogen-bond donors (Lipinski definition) is 3. The Balaban J connectivity index is 0.000000758. The summed E-state index contributed by atoms with van der Waals surface area (Å²) in [5.41, 5.74) is 1.23. The van der Waals surface area contributed by atoms with E-state index < -0.39 is 18.1 Å². The molecule has 0 saturated carbocycles. The zero-order valence-corrected chi connectivity index (χ0v) is 14.5. The van der Waals surface area contributed by atoms with Gasteiger partial charge in [-0.05, 0) is 37.1 Å². The van der Waals surface area contributed by atoms with Crippen LogP contribution >= 0.6 is 0 Å². The third-order valence-corrected chi connectivity index (χ3v) is 3.04. The molecule has 0 spiro atoms. The second-order valence-corrected chi connectivity index (χ2v) is 5.29. The van der Waals surface area contributed by atoms with Crippen molar-refractivity contribution in [3.63, 3.8) is 0 Å². The lowest BCUT2D eigenvalue weighted by Gasteiger charge is -2.07. The molecule has 0 aliphatic rings. The third-order valence-electron chi connectivity index (χ3n) is 3.04. The van der Waals surface area contributed by atoms with Gasteiger partial charge < -0.3 is 20.3 Å². The van der Waals surface area contributed by atoms with Crippen LogP contribution in [0, 0.1) is 0 Å². The number of hydrogen-bond acceptors (Lipinski definition) is 4. The van der Waals surface area contributed by atoms with Gasteiger partial charge in [0.2, 0.25) is 0 Å². The molecule has 0 unspecified atom stereocenters. The molecular weight excluding hydrogens is 355 g/mol. The monoisotopic (exact) mass is 379 g/mol. The van der Waals surface area contributed by atoms with Crippen LogP contribution in [-0.4, -0.2) is 48.0 Å². The Kier molecular flexibility index (Phi) is 11.8.